The fourth-order valence-electron chi connectivity index (χ4n) is 8.70. The maximum atomic E-state index is 13.0. The molecule has 1 rings (SSSR count). The number of nitrogens with one attached hydrogen (secondary N) is 1. The second-order valence-electron chi connectivity index (χ2n) is 19.6. The quantitative estimate of drug-likeness (QED) is 0.0196. The highest BCUT2D eigenvalue weighted by atomic mass is 16.7. The second-order valence-corrected chi connectivity index (χ2v) is 19.6. The number of ether oxygens (including phenoxy) is 3. The molecule has 0 bridgehead atoms. The van der Waals surface area contributed by atoms with Crippen LogP contribution in [-0.2, 0) is 23.8 Å². The lowest BCUT2D eigenvalue weighted by Gasteiger charge is -2.40. The maximum absolute atomic E-state index is 13.0. The smallest absolute Gasteiger partial charge is 0.305 e. The fraction of sp³-hybridized carbons (Fsp3) is 0.860. The van der Waals surface area contributed by atoms with Gasteiger partial charge in [-0.15, -0.1) is 0 Å². The number of esters is 1. The van der Waals surface area contributed by atoms with Crippen molar-refractivity contribution >= 4 is 11.9 Å². The van der Waals surface area contributed by atoms with Crippen LogP contribution >= 0.6 is 0 Å². The number of amides is 1. The van der Waals surface area contributed by atoms with Crippen LogP contribution in [-0.4, -0.2) is 100 Å². The summed E-state index contributed by atoms with van der Waals surface area (Å²) in [6.07, 6.45) is 46.5. The summed E-state index contributed by atoms with van der Waals surface area (Å²) >= 11 is 0. The van der Waals surface area contributed by atoms with E-state index >= 15 is 0 Å². The van der Waals surface area contributed by atoms with Gasteiger partial charge in [0.25, 0.3) is 0 Å². The van der Waals surface area contributed by atoms with Gasteiger partial charge in [0.15, 0.2) is 6.29 Å². The Balaban J connectivity index is 2.16. The second kappa shape index (κ2) is 47.2. The minimum atomic E-state index is -1.58. The topological polar surface area (TPSA) is 175 Å². The molecular weight excluding hydrogens is 859 g/mol. The molecule has 11 nitrogen and oxygen atoms in total. The standard InChI is InChI=1S/C57H105NO10/c1-3-5-7-9-11-13-15-24-27-31-35-39-43-50(60)49(48-67-57-56(65)55(64)54(63)51(47-59)68-57)58-52(61)44-40-36-32-28-25-21-19-17-16-18-20-22-26-30-34-38-42-46-66-53(62)45-41-37-33-29-23-14-12-10-8-6-4-2/h16,18,22,26,39,43,49-51,54-57,59-60,63-65H,3-15,17,19-21,23-25,27-38,40-42,44-48H2,1-2H3,(H,58,61)/b18-16-,26-22-,43-39+. The number of rotatable bonds is 48. The molecule has 0 radical (unpaired) electrons. The molecule has 0 aromatic heterocycles. The predicted molar refractivity (Wildman–Crippen MR) is 278 cm³/mol. The molecule has 0 spiro atoms. The minimum Gasteiger partial charge on any atom is -0.466 e. The van der Waals surface area contributed by atoms with E-state index in [0.29, 0.717) is 19.4 Å². The van der Waals surface area contributed by atoms with Gasteiger partial charge in [0.05, 0.1) is 32.0 Å². The fourth-order valence-corrected chi connectivity index (χ4v) is 8.70. The van der Waals surface area contributed by atoms with E-state index in [2.05, 4.69) is 43.5 Å². The van der Waals surface area contributed by atoms with E-state index in [4.69, 9.17) is 14.2 Å². The molecule has 1 aliphatic rings. The Hall–Kier alpha value is -2.12. The summed E-state index contributed by atoms with van der Waals surface area (Å²) in [7, 11) is 0. The third-order valence-electron chi connectivity index (χ3n) is 13.2. The number of aliphatic hydroxyl groups is 5. The van der Waals surface area contributed by atoms with E-state index in [0.717, 1.165) is 96.3 Å². The number of carbonyl (C=O) groups is 2. The number of carbonyl (C=O) groups excluding carboxylic acids is 2. The minimum absolute atomic E-state index is 0.0330. The average Bonchev–Trinajstić information content (AvgIpc) is 3.33. The van der Waals surface area contributed by atoms with Gasteiger partial charge in [-0.2, -0.15) is 0 Å². The number of allylic oxidation sites excluding steroid dienone is 5. The van der Waals surface area contributed by atoms with Gasteiger partial charge in [-0.05, 0) is 70.6 Å². The lowest BCUT2D eigenvalue weighted by atomic mass is 9.99. The van der Waals surface area contributed by atoms with Gasteiger partial charge in [0.1, 0.15) is 24.4 Å². The molecule has 0 saturated carbocycles. The van der Waals surface area contributed by atoms with Crippen LogP contribution in [0.15, 0.2) is 36.5 Å². The molecule has 7 atom stereocenters. The molecule has 1 aliphatic heterocycles. The monoisotopic (exact) mass is 964 g/mol. The van der Waals surface area contributed by atoms with Crippen molar-refractivity contribution in [3.63, 3.8) is 0 Å². The zero-order valence-corrected chi connectivity index (χ0v) is 43.6. The Bertz CT molecular complexity index is 1230. The SMILES string of the molecule is CCCCCCCCCCCC/C=C/C(O)C(COC1OC(CO)C(O)C(O)C1O)NC(=O)CCCCCCCCC/C=C\C/C=C\CCCCCOC(=O)CCCCCCCCCCCCC. The normalized spacial score (nSPS) is 19.7. The van der Waals surface area contributed by atoms with Crippen molar-refractivity contribution in [2.45, 2.75) is 294 Å². The van der Waals surface area contributed by atoms with Crippen molar-refractivity contribution in [1.82, 2.24) is 5.32 Å². The lowest BCUT2D eigenvalue weighted by molar-refractivity contribution is -0.302. The maximum Gasteiger partial charge on any atom is 0.305 e. The molecule has 1 amide bonds. The molecule has 11 heteroatoms. The summed E-state index contributed by atoms with van der Waals surface area (Å²) in [4.78, 5) is 25.0. The van der Waals surface area contributed by atoms with Crippen LogP contribution < -0.4 is 5.32 Å². The number of aliphatic hydroxyl groups excluding tert-OH is 5. The van der Waals surface area contributed by atoms with Gasteiger partial charge >= 0.3 is 5.97 Å². The van der Waals surface area contributed by atoms with Crippen molar-refractivity contribution in [3.05, 3.63) is 36.5 Å². The van der Waals surface area contributed by atoms with E-state index in [1.54, 1.807) is 6.08 Å². The van der Waals surface area contributed by atoms with Crippen LogP contribution in [0.3, 0.4) is 0 Å². The van der Waals surface area contributed by atoms with Crippen LogP contribution in [0.4, 0.5) is 0 Å². The summed E-state index contributed by atoms with van der Waals surface area (Å²) in [5.41, 5.74) is 0. The summed E-state index contributed by atoms with van der Waals surface area (Å²) in [6, 6.07) is -0.821. The van der Waals surface area contributed by atoms with Gasteiger partial charge in [-0.1, -0.05) is 204 Å². The molecule has 7 unspecified atom stereocenters. The first kappa shape index (κ1) is 63.9. The van der Waals surface area contributed by atoms with Crippen molar-refractivity contribution in [1.29, 1.82) is 0 Å². The van der Waals surface area contributed by atoms with Crippen molar-refractivity contribution in [3.8, 4) is 0 Å². The van der Waals surface area contributed by atoms with Crippen LogP contribution in [0.5, 0.6) is 0 Å². The highest BCUT2D eigenvalue weighted by molar-refractivity contribution is 5.76. The first-order valence-corrected chi connectivity index (χ1v) is 28.3. The Morgan fingerprint density at radius 3 is 1.49 bits per heavy atom. The molecule has 1 fully saturated rings. The van der Waals surface area contributed by atoms with Crippen LogP contribution in [0.1, 0.15) is 251 Å². The predicted octanol–water partition coefficient (Wildman–Crippen LogP) is 12.3. The number of hydrogen-bond acceptors (Lipinski definition) is 10. The molecule has 68 heavy (non-hydrogen) atoms. The molecule has 0 aromatic carbocycles. The summed E-state index contributed by atoms with van der Waals surface area (Å²) in [5, 5.41) is 54.3. The molecule has 1 heterocycles. The molecule has 6 N–H and O–H groups in total. The van der Waals surface area contributed by atoms with Crippen LogP contribution in [0.25, 0.3) is 0 Å². The van der Waals surface area contributed by atoms with Crippen LogP contribution in [0.2, 0.25) is 0 Å². The number of hydrogen-bond donors (Lipinski definition) is 6. The molecule has 398 valence electrons. The Morgan fingerprint density at radius 1 is 0.544 bits per heavy atom. The van der Waals surface area contributed by atoms with E-state index in [1.807, 2.05) is 6.08 Å². The molecule has 0 aromatic rings. The van der Waals surface area contributed by atoms with Gasteiger partial charge in [-0.25, -0.2) is 0 Å². The molecule has 1 saturated heterocycles. The average molecular weight is 964 g/mol. The third-order valence-corrected chi connectivity index (χ3v) is 13.2. The van der Waals surface area contributed by atoms with E-state index in [-0.39, 0.29) is 18.5 Å². The van der Waals surface area contributed by atoms with Crippen LogP contribution in [0, 0.1) is 0 Å². The van der Waals surface area contributed by atoms with E-state index < -0.39 is 49.5 Å². The van der Waals surface area contributed by atoms with Crippen molar-refractivity contribution in [2.75, 3.05) is 19.8 Å². The largest absolute Gasteiger partial charge is 0.466 e. The zero-order chi connectivity index (χ0) is 49.6. The third kappa shape index (κ3) is 36.8. The summed E-state index contributed by atoms with van der Waals surface area (Å²) < 4.78 is 16.6. The van der Waals surface area contributed by atoms with E-state index in [1.165, 1.54) is 128 Å². The Kier molecular flexibility index (Phi) is 44.4. The van der Waals surface area contributed by atoms with Crippen molar-refractivity contribution in [2.24, 2.45) is 0 Å². The Labute approximate surface area is 415 Å². The van der Waals surface area contributed by atoms with Gasteiger partial charge in [-0.3, -0.25) is 9.59 Å². The number of unbranched alkanes of at least 4 members (excludes halogenated alkanes) is 30. The van der Waals surface area contributed by atoms with Gasteiger partial charge in [0.2, 0.25) is 5.91 Å². The molecular formula is C57H105NO10. The van der Waals surface area contributed by atoms with E-state index in [9.17, 15) is 35.1 Å². The Morgan fingerprint density at radius 2 is 0.985 bits per heavy atom. The zero-order valence-electron chi connectivity index (χ0n) is 43.6. The first-order valence-electron chi connectivity index (χ1n) is 28.3. The highest BCUT2D eigenvalue weighted by Gasteiger charge is 2.44. The lowest BCUT2D eigenvalue weighted by Crippen LogP contribution is -2.60. The highest BCUT2D eigenvalue weighted by Crippen LogP contribution is 2.23. The van der Waals surface area contributed by atoms with Crippen molar-refractivity contribution < 1.29 is 49.3 Å². The van der Waals surface area contributed by atoms with Gasteiger partial charge < -0.3 is 45.1 Å². The first-order chi connectivity index (χ1) is 33.2. The molecule has 0 aliphatic carbocycles. The summed E-state index contributed by atoms with van der Waals surface area (Å²) in [6.45, 7) is 4.27. The van der Waals surface area contributed by atoms with Gasteiger partial charge in [0, 0.05) is 12.8 Å². The summed E-state index contributed by atoms with van der Waals surface area (Å²) in [5.74, 6) is -0.232.